The number of benzene rings is 1. The highest BCUT2D eigenvalue weighted by atomic mass is 19.1. The predicted octanol–water partition coefficient (Wildman–Crippen LogP) is 1.67. The van der Waals surface area contributed by atoms with Crippen LogP contribution in [-0.4, -0.2) is 52.8 Å². The van der Waals surface area contributed by atoms with Gasteiger partial charge in [-0.3, -0.25) is 9.78 Å². The first-order chi connectivity index (χ1) is 11.6. The van der Waals surface area contributed by atoms with E-state index in [1.807, 2.05) is 0 Å². The van der Waals surface area contributed by atoms with Crippen LogP contribution in [0.3, 0.4) is 0 Å². The van der Waals surface area contributed by atoms with Crippen molar-refractivity contribution in [2.75, 3.05) is 26.3 Å². The van der Waals surface area contributed by atoms with Crippen molar-refractivity contribution in [2.24, 2.45) is 0 Å². The van der Waals surface area contributed by atoms with E-state index in [2.05, 4.69) is 4.98 Å². The molecule has 1 saturated heterocycles. The quantitative estimate of drug-likeness (QED) is 0.926. The van der Waals surface area contributed by atoms with Crippen LogP contribution in [0.2, 0.25) is 0 Å². The van der Waals surface area contributed by atoms with E-state index >= 15 is 0 Å². The fourth-order valence-electron chi connectivity index (χ4n) is 2.94. The Morgan fingerprint density at radius 2 is 2.04 bits per heavy atom. The van der Waals surface area contributed by atoms with Crippen molar-refractivity contribution < 1.29 is 19.0 Å². The van der Waals surface area contributed by atoms with E-state index < -0.39 is 5.60 Å². The first-order valence-electron chi connectivity index (χ1n) is 7.81. The molecule has 1 N–H and O–H groups in total. The molecule has 1 aliphatic heterocycles. The van der Waals surface area contributed by atoms with Crippen LogP contribution < -0.4 is 0 Å². The van der Waals surface area contributed by atoms with Gasteiger partial charge in [0.2, 0.25) is 0 Å². The number of aliphatic hydroxyl groups is 1. The minimum Gasteiger partial charge on any atom is -0.393 e. The number of amides is 1. The van der Waals surface area contributed by atoms with E-state index in [0.717, 1.165) is 0 Å². The minimum atomic E-state index is -0.997. The average molecular weight is 330 g/mol. The number of halogens is 1. The van der Waals surface area contributed by atoms with Crippen molar-refractivity contribution in [3.8, 4) is 0 Å². The first-order valence-corrected chi connectivity index (χ1v) is 7.81. The van der Waals surface area contributed by atoms with E-state index in [-0.39, 0.29) is 31.3 Å². The fourth-order valence-corrected chi connectivity index (χ4v) is 2.94. The second-order valence-electron chi connectivity index (χ2n) is 5.92. The average Bonchev–Trinajstić information content (AvgIpc) is 2.64. The molecule has 2 aromatic rings. The molecule has 1 fully saturated rings. The van der Waals surface area contributed by atoms with E-state index in [0.29, 0.717) is 24.3 Å². The van der Waals surface area contributed by atoms with Gasteiger partial charge in [-0.25, -0.2) is 4.39 Å². The Kier molecular flexibility index (Phi) is 4.87. The molecular formula is C18H19FN2O3. The van der Waals surface area contributed by atoms with Gasteiger partial charge in [-0.15, -0.1) is 0 Å². The smallest absolute Gasteiger partial charge is 0.254 e. The van der Waals surface area contributed by atoms with Crippen molar-refractivity contribution in [3.63, 3.8) is 0 Å². The molecule has 126 valence electrons. The molecule has 0 spiro atoms. The highest BCUT2D eigenvalue weighted by Crippen LogP contribution is 2.25. The number of hydrogen-bond acceptors (Lipinski definition) is 4. The summed E-state index contributed by atoms with van der Waals surface area (Å²) in [7, 11) is 0. The summed E-state index contributed by atoms with van der Waals surface area (Å²) >= 11 is 0. The third-order valence-corrected chi connectivity index (χ3v) is 4.22. The van der Waals surface area contributed by atoms with Crippen LogP contribution in [0.5, 0.6) is 0 Å². The Bertz CT molecular complexity index is 710. The lowest BCUT2D eigenvalue weighted by molar-refractivity contribution is -0.123. The van der Waals surface area contributed by atoms with Gasteiger partial charge >= 0.3 is 0 Å². The third kappa shape index (κ3) is 3.44. The van der Waals surface area contributed by atoms with Gasteiger partial charge in [-0.1, -0.05) is 18.2 Å². The van der Waals surface area contributed by atoms with Gasteiger partial charge in [0.15, 0.2) is 0 Å². The number of aromatic nitrogens is 1. The van der Waals surface area contributed by atoms with Crippen molar-refractivity contribution in [3.05, 3.63) is 65.7 Å². The summed E-state index contributed by atoms with van der Waals surface area (Å²) in [5.74, 6) is -0.487. The third-order valence-electron chi connectivity index (χ3n) is 4.22. The van der Waals surface area contributed by atoms with Crippen LogP contribution in [0.4, 0.5) is 4.39 Å². The van der Waals surface area contributed by atoms with E-state index in [1.165, 1.54) is 6.07 Å². The zero-order valence-corrected chi connectivity index (χ0v) is 13.2. The van der Waals surface area contributed by atoms with Crippen LogP contribution in [0.1, 0.15) is 15.9 Å². The highest BCUT2D eigenvalue weighted by molar-refractivity contribution is 5.94. The molecule has 0 saturated carbocycles. The van der Waals surface area contributed by atoms with Gasteiger partial charge in [0.05, 0.1) is 19.8 Å². The summed E-state index contributed by atoms with van der Waals surface area (Å²) in [6.45, 7) is 0.645. The molecule has 3 rings (SSSR count). The van der Waals surface area contributed by atoms with Gasteiger partial charge in [0.1, 0.15) is 11.4 Å². The number of hydrogen-bond donors (Lipinski definition) is 1. The molecule has 0 bridgehead atoms. The van der Waals surface area contributed by atoms with Crippen LogP contribution in [0.25, 0.3) is 0 Å². The standard InChI is InChI=1S/C18H19FN2O3/c19-16-4-2-1-3-15(16)11-18(13-22)12-21(9-10-24-18)17(23)14-5-7-20-8-6-14/h1-8,22H,9-13H2/t18-/m1/s1. The minimum absolute atomic E-state index is 0.146. The molecule has 6 heteroatoms. The van der Waals surface area contributed by atoms with Crippen molar-refractivity contribution in [1.82, 2.24) is 9.88 Å². The van der Waals surface area contributed by atoms with E-state index in [1.54, 1.807) is 47.6 Å². The van der Waals surface area contributed by atoms with Gasteiger partial charge in [0.25, 0.3) is 5.91 Å². The van der Waals surface area contributed by atoms with E-state index in [4.69, 9.17) is 4.74 Å². The molecule has 1 aromatic carbocycles. The molecule has 1 aromatic heterocycles. The Labute approximate surface area is 139 Å². The molecular weight excluding hydrogens is 311 g/mol. The number of ether oxygens (including phenoxy) is 1. The predicted molar refractivity (Wildman–Crippen MR) is 86.0 cm³/mol. The lowest BCUT2D eigenvalue weighted by atomic mass is 9.92. The maximum absolute atomic E-state index is 13.9. The summed E-state index contributed by atoms with van der Waals surface area (Å²) in [6.07, 6.45) is 3.33. The second-order valence-corrected chi connectivity index (χ2v) is 5.92. The molecule has 1 atom stereocenters. The van der Waals surface area contributed by atoms with Gasteiger partial charge in [0, 0.05) is 30.9 Å². The Balaban J connectivity index is 1.79. The second kappa shape index (κ2) is 7.07. The molecule has 0 radical (unpaired) electrons. The number of carbonyl (C=O) groups is 1. The van der Waals surface area contributed by atoms with Gasteiger partial charge < -0.3 is 14.7 Å². The molecule has 0 unspecified atom stereocenters. The Morgan fingerprint density at radius 3 is 2.75 bits per heavy atom. The topological polar surface area (TPSA) is 62.7 Å². The highest BCUT2D eigenvalue weighted by Gasteiger charge is 2.38. The number of rotatable bonds is 4. The van der Waals surface area contributed by atoms with Crippen molar-refractivity contribution in [2.45, 2.75) is 12.0 Å². The number of carbonyl (C=O) groups excluding carboxylic acids is 1. The maximum atomic E-state index is 13.9. The van der Waals surface area contributed by atoms with Crippen LogP contribution >= 0.6 is 0 Å². The van der Waals surface area contributed by atoms with E-state index in [9.17, 15) is 14.3 Å². The molecule has 5 nitrogen and oxygen atoms in total. The Morgan fingerprint density at radius 1 is 1.29 bits per heavy atom. The number of aliphatic hydroxyl groups excluding tert-OH is 1. The largest absolute Gasteiger partial charge is 0.393 e. The monoisotopic (exact) mass is 330 g/mol. The number of pyridine rings is 1. The van der Waals surface area contributed by atoms with Crippen molar-refractivity contribution >= 4 is 5.91 Å². The Hall–Kier alpha value is -2.31. The van der Waals surface area contributed by atoms with Crippen LogP contribution in [-0.2, 0) is 11.2 Å². The zero-order chi connectivity index (χ0) is 17.0. The van der Waals surface area contributed by atoms with Crippen LogP contribution in [0, 0.1) is 5.82 Å². The zero-order valence-electron chi connectivity index (χ0n) is 13.2. The van der Waals surface area contributed by atoms with Gasteiger partial charge in [-0.05, 0) is 23.8 Å². The summed E-state index contributed by atoms with van der Waals surface area (Å²) in [5, 5.41) is 9.87. The van der Waals surface area contributed by atoms with Crippen molar-refractivity contribution in [1.29, 1.82) is 0 Å². The van der Waals surface area contributed by atoms with Gasteiger partial charge in [-0.2, -0.15) is 0 Å². The normalized spacial score (nSPS) is 20.8. The lowest BCUT2D eigenvalue weighted by Crippen LogP contribution is -2.56. The summed E-state index contributed by atoms with van der Waals surface area (Å²) < 4.78 is 19.7. The first kappa shape index (κ1) is 16.5. The SMILES string of the molecule is O=C(c1ccncc1)N1CCO[C@](CO)(Cc2ccccc2F)C1. The fraction of sp³-hybridized carbons (Fsp3) is 0.333. The molecule has 24 heavy (non-hydrogen) atoms. The maximum Gasteiger partial charge on any atom is 0.254 e. The number of nitrogens with zero attached hydrogens (tertiary/aromatic N) is 2. The summed E-state index contributed by atoms with van der Waals surface area (Å²) in [6, 6.07) is 9.70. The lowest BCUT2D eigenvalue weighted by Gasteiger charge is -2.42. The summed E-state index contributed by atoms with van der Waals surface area (Å²) in [4.78, 5) is 18.2. The summed E-state index contributed by atoms with van der Waals surface area (Å²) in [5.41, 5.74) is -0.00208. The number of morpholine rings is 1. The molecule has 0 aliphatic carbocycles. The molecule has 1 aliphatic rings. The van der Waals surface area contributed by atoms with Crippen LogP contribution in [0.15, 0.2) is 48.8 Å². The molecule has 2 heterocycles. The molecule has 1 amide bonds.